The van der Waals surface area contributed by atoms with E-state index in [0.717, 1.165) is 11.6 Å². The van der Waals surface area contributed by atoms with Gasteiger partial charge >= 0.3 is 0 Å². The Morgan fingerprint density at radius 3 is 2.57 bits per heavy atom. The molecule has 0 aliphatic carbocycles. The van der Waals surface area contributed by atoms with E-state index in [1.165, 1.54) is 37.9 Å². The van der Waals surface area contributed by atoms with E-state index >= 15 is 0 Å². The van der Waals surface area contributed by atoms with E-state index < -0.39 is 11.6 Å². The van der Waals surface area contributed by atoms with E-state index in [-0.39, 0.29) is 5.78 Å². The van der Waals surface area contributed by atoms with Crippen LogP contribution < -0.4 is 4.74 Å². The summed E-state index contributed by atoms with van der Waals surface area (Å²) in [7, 11) is 1.54. The zero-order valence-corrected chi connectivity index (χ0v) is 12.5. The van der Waals surface area contributed by atoms with Crippen molar-refractivity contribution >= 4 is 17.5 Å². The summed E-state index contributed by atoms with van der Waals surface area (Å²) >= 11 is 1.23. The monoisotopic (exact) mass is 308 g/mol. The Kier molecular flexibility index (Phi) is 4.96. The number of benzene rings is 2. The van der Waals surface area contributed by atoms with E-state index in [9.17, 15) is 13.6 Å². The fourth-order valence-electron chi connectivity index (χ4n) is 1.86. The number of ketones is 1. The van der Waals surface area contributed by atoms with Gasteiger partial charge in [0.05, 0.1) is 7.11 Å². The third kappa shape index (κ3) is 3.82. The number of Topliss-reactive ketones (excluding diaryl/α,β-unsaturated/α-hetero) is 1. The van der Waals surface area contributed by atoms with Gasteiger partial charge in [-0.3, -0.25) is 4.79 Å². The van der Waals surface area contributed by atoms with E-state index in [1.807, 2.05) is 0 Å². The topological polar surface area (TPSA) is 26.3 Å². The number of hydrogen-bond acceptors (Lipinski definition) is 3. The molecule has 2 aromatic carbocycles. The molecule has 0 spiro atoms. The number of thioether (sulfide) groups is 1. The van der Waals surface area contributed by atoms with Crippen molar-refractivity contribution in [2.75, 3.05) is 7.11 Å². The molecule has 0 heterocycles. The molecule has 0 atom stereocenters. The summed E-state index contributed by atoms with van der Waals surface area (Å²) < 4.78 is 31.7. The summed E-state index contributed by atoms with van der Waals surface area (Å²) in [4.78, 5) is 11.8. The molecule has 0 amide bonds. The second-order valence-electron chi connectivity index (χ2n) is 4.45. The van der Waals surface area contributed by atoms with Gasteiger partial charge in [-0.25, -0.2) is 8.78 Å². The molecule has 0 saturated heterocycles. The zero-order valence-electron chi connectivity index (χ0n) is 11.7. The highest BCUT2D eigenvalue weighted by Gasteiger charge is 2.10. The van der Waals surface area contributed by atoms with Crippen LogP contribution in [0.25, 0.3) is 0 Å². The number of carbonyl (C=O) groups is 1. The maximum atomic E-state index is 13.6. The van der Waals surface area contributed by atoms with Crippen LogP contribution in [0, 0.1) is 11.6 Å². The summed E-state index contributed by atoms with van der Waals surface area (Å²) in [6, 6.07) is 8.61. The van der Waals surface area contributed by atoms with Crippen LogP contribution in [0.4, 0.5) is 8.78 Å². The van der Waals surface area contributed by atoms with Crippen molar-refractivity contribution in [3.05, 3.63) is 59.2 Å². The molecular formula is C16H14F2O2S. The Balaban J connectivity index is 2.22. The van der Waals surface area contributed by atoms with Crippen LogP contribution >= 0.6 is 11.8 Å². The van der Waals surface area contributed by atoms with Crippen molar-refractivity contribution in [2.24, 2.45) is 0 Å². The predicted octanol–water partition coefficient (Wildman–Crippen LogP) is 4.47. The van der Waals surface area contributed by atoms with Gasteiger partial charge in [-0.05, 0) is 37.3 Å². The number of hydrogen-bond donors (Lipinski definition) is 0. The minimum Gasteiger partial charge on any atom is -0.496 e. The van der Waals surface area contributed by atoms with Crippen LogP contribution in [-0.2, 0) is 5.75 Å². The molecule has 2 nitrogen and oxygen atoms in total. The number of halogens is 2. The lowest BCUT2D eigenvalue weighted by Gasteiger charge is -2.10. The lowest BCUT2D eigenvalue weighted by Crippen LogP contribution is -1.97. The van der Waals surface area contributed by atoms with Gasteiger partial charge in [-0.2, -0.15) is 0 Å². The Morgan fingerprint density at radius 1 is 1.19 bits per heavy atom. The predicted molar refractivity (Wildman–Crippen MR) is 78.9 cm³/mol. The van der Waals surface area contributed by atoms with E-state index in [1.54, 1.807) is 18.2 Å². The Labute approximate surface area is 126 Å². The van der Waals surface area contributed by atoms with Crippen molar-refractivity contribution in [3.63, 3.8) is 0 Å². The Morgan fingerprint density at radius 2 is 1.95 bits per heavy atom. The van der Waals surface area contributed by atoms with Crippen LogP contribution in [0.5, 0.6) is 5.75 Å². The molecule has 0 aliphatic rings. The van der Waals surface area contributed by atoms with Gasteiger partial charge in [0.25, 0.3) is 0 Å². The molecule has 0 fully saturated rings. The first-order chi connectivity index (χ1) is 10.0. The molecular weight excluding hydrogens is 294 g/mol. The largest absolute Gasteiger partial charge is 0.496 e. The third-order valence-electron chi connectivity index (χ3n) is 2.96. The summed E-state index contributed by atoms with van der Waals surface area (Å²) in [5, 5.41) is 0. The molecule has 0 saturated carbocycles. The second-order valence-corrected chi connectivity index (χ2v) is 5.46. The number of rotatable bonds is 5. The molecule has 2 rings (SSSR count). The van der Waals surface area contributed by atoms with Gasteiger partial charge in [0, 0.05) is 27.8 Å². The van der Waals surface area contributed by atoms with Crippen LogP contribution in [0.3, 0.4) is 0 Å². The normalized spacial score (nSPS) is 10.5. The average molecular weight is 308 g/mol. The van der Waals surface area contributed by atoms with Gasteiger partial charge < -0.3 is 4.74 Å². The van der Waals surface area contributed by atoms with Crippen LogP contribution in [-0.4, -0.2) is 12.9 Å². The van der Waals surface area contributed by atoms with Crippen molar-refractivity contribution in [3.8, 4) is 5.75 Å². The lowest BCUT2D eigenvalue weighted by molar-refractivity contribution is 0.101. The van der Waals surface area contributed by atoms with Crippen molar-refractivity contribution in [1.29, 1.82) is 0 Å². The minimum atomic E-state index is -0.604. The number of carbonyl (C=O) groups excluding carboxylic acids is 1. The summed E-state index contributed by atoms with van der Waals surface area (Å²) in [6.45, 7) is 1.48. The van der Waals surface area contributed by atoms with Gasteiger partial charge in [0.2, 0.25) is 0 Å². The Hall–Kier alpha value is -1.88. The molecule has 21 heavy (non-hydrogen) atoms. The molecule has 2 aromatic rings. The SMILES string of the molecule is COc1ccc(C(C)=O)cc1CSc1ccc(F)cc1F. The molecule has 0 N–H and O–H groups in total. The van der Waals surface area contributed by atoms with E-state index in [2.05, 4.69) is 0 Å². The third-order valence-corrected chi connectivity index (χ3v) is 4.06. The summed E-state index contributed by atoms with van der Waals surface area (Å²) in [5.41, 5.74) is 1.37. The molecule has 0 unspecified atom stereocenters. The molecule has 0 aliphatic heterocycles. The highest BCUT2D eigenvalue weighted by Crippen LogP contribution is 2.30. The smallest absolute Gasteiger partial charge is 0.159 e. The van der Waals surface area contributed by atoms with E-state index in [0.29, 0.717) is 22.0 Å². The first-order valence-corrected chi connectivity index (χ1v) is 7.25. The summed E-state index contributed by atoms with van der Waals surface area (Å²) in [6.07, 6.45) is 0. The quantitative estimate of drug-likeness (QED) is 0.602. The molecule has 5 heteroatoms. The van der Waals surface area contributed by atoms with Crippen molar-refractivity contribution in [2.45, 2.75) is 17.6 Å². The van der Waals surface area contributed by atoms with Crippen LogP contribution in [0.1, 0.15) is 22.8 Å². The average Bonchev–Trinajstić information content (AvgIpc) is 2.46. The molecule has 110 valence electrons. The van der Waals surface area contributed by atoms with Gasteiger partial charge in [-0.15, -0.1) is 11.8 Å². The summed E-state index contributed by atoms with van der Waals surface area (Å²) in [5.74, 6) is -0.186. The zero-order chi connectivity index (χ0) is 15.4. The highest BCUT2D eigenvalue weighted by molar-refractivity contribution is 7.98. The first-order valence-electron chi connectivity index (χ1n) is 6.27. The van der Waals surface area contributed by atoms with Gasteiger partial charge in [-0.1, -0.05) is 0 Å². The van der Waals surface area contributed by atoms with Crippen LogP contribution in [0.2, 0.25) is 0 Å². The first kappa shape index (κ1) is 15.5. The highest BCUT2D eigenvalue weighted by atomic mass is 32.2. The fraction of sp³-hybridized carbons (Fsp3) is 0.188. The van der Waals surface area contributed by atoms with Crippen LogP contribution in [0.15, 0.2) is 41.3 Å². The number of ether oxygens (including phenoxy) is 1. The maximum Gasteiger partial charge on any atom is 0.159 e. The van der Waals surface area contributed by atoms with Gasteiger partial charge in [0.1, 0.15) is 17.4 Å². The molecule has 0 radical (unpaired) electrons. The van der Waals surface area contributed by atoms with Crippen molar-refractivity contribution < 1.29 is 18.3 Å². The Bertz CT molecular complexity index is 671. The second kappa shape index (κ2) is 6.72. The van der Waals surface area contributed by atoms with E-state index in [4.69, 9.17) is 4.74 Å². The fourth-order valence-corrected chi connectivity index (χ4v) is 2.76. The molecule has 0 bridgehead atoms. The minimum absolute atomic E-state index is 0.0446. The van der Waals surface area contributed by atoms with Gasteiger partial charge in [0.15, 0.2) is 5.78 Å². The lowest BCUT2D eigenvalue weighted by atomic mass is 10.1. The molecule has 0 aromatic heterocycles. The number of methoxy groups -OCH3 is 1. The van der Waals surface area contributed by atoms with Crippen molar-refractivity contribution in [1.82, 2.24) is 0 Å². The standard InChI is InChI=1S/C16H14F2O2S/c1-10(19)11-3-5-15(20-2)12(7-11)9-21-16-6-4-13(17)8-14(16)18/h3-8H,9H2,1-2H3. The maximum absolute atomic E-state index is 13.6.